The summed E-state index contributed by atoms with van der Waals surface area (Å²) in [5.74, 6) is 0.760. The average molecular weight is 316 g/mol. The third kappa shape index (κ3) is 3.89. The summed E-state index contributed by atoms with van der Waals surface area (Å²) in [6.07, 6.45) is 4.50. The van der Waals surface area contributed by atoms with E-state index in [2.05, 4.69) is 20.1 Å². The number of aromatic nitrogens is 3. The first kappa shape index (κ1) is 16.0. The molecule has 2 aromatic heterocycles. The molecule has 124 valence electrons. The minimum atomic E-state index is -0.454. The maximum atomic E-state index is 10.4. The molecule has 3 heterocycles. The zero-order chi connectivity index (χ0) is 16.2. The lowest BCUT2D eigenvalue weighted by molar-refractivity contribution is 0.0343. The van der Waals surface area contributed by atoms with Crippen molar-refractivity contribution in [1.82, 2.24) is 20.1 Å². The Morgan fingerprint density at radius 1 is 1.35 bits per heavy atom. The van der Waals surface area contributed by atoms with Crippen molar-refractivity contribution in [2.24, 2.45) is 0 Å². The number of ether oxygens (including phenoxy) is 1. The van der Waals surface area contributed by atoms with Crippen LogP contribution in [-0.2, 0) is 6.54 Å². The van der Waals surface area contributed by atoms with Crippen molar-refractivity contribution < 1.29 is 9.84 Å². The zero-order valence-electron chi connectivity index (χ0n) is 13.7. The molecular weight excluding hydrogens is 292 g/mol. The SMILES string of the molecule is Cc1ncccc1O[C@H]1CCN(Cc2cn[nH]c2C)CC[C@@H]1O. The fraction of sp³-hybridized carbons (Fsp3) is 0.529. The summed E-state index contributed by atoms with van der Waals surface area (Å²) in [6, 6.07) is 3.77. The quantitative estimate of drug-likeness (QED) is 0.900. The van der Waals surface area contributed by atoms with Crippen molar-refractivity contribution in [3.63, 3.8) is 0 Å². The van der Waals surface area contributed by atoms with Crippen LogP contribution in [0, 0.1) is 13.8 Å². The largest absolute Gasteiger partial charge is 0.486 e. The standard InChI is InChI=1S/C17H24N4O2/c1-12-14(10-19-20-12)11-21-8-5-15(22)17(6-9-21)23-16-4-3-7-18-13(16)2/h3-4,7,10,15,17,22H,5-6,8-9,11H2,1-2H3,(H,19,20)/t15-,17-/m0/s1. The normalized spacial score (nSPS) is 22.7. The first-order valence-corrected chi connectivity index (χ1v) is 8.11. The van der Waals surface area contributed by atoms with Gasteiger partial charge in [-0.2, -0.15) is 5.10 Å². The van der Waals surface area contributed by atoms with Gasteiger partial charge in [-0.3, -0.25) is 15.0 Å². The Morgan fingerprint density at radius 3 is 2.91 bits per heavy atom. The van der Waals surface area contributed by atoms with E-state index in [0.29, 0.717) is 6.42 Å². The van der Waals surface area contributed by atoms with Gasteiger partial charge in [0, 0.05) is 37.1 Å². The molecule has 6 heteroatoms. The zero-order valence-corrected chi connectivity index (χ0v) is 13.7. The highest BCUT2D eigenvalue weighted by Crippen LogP contribution is 2.22. The van der Waals surface area contributed by atoms with Crippen LogP contribution in [0.15, 0.2) is 24.5 Å². The van der Waals surface area contributed by atoms with Gasteiger partial charge in [-0.1, -0.05) is 0 Å². The predicted molar refractivity (Wildman–Crippen MR) is 87.2 cm³/mol. The lowest BCUT2D eigenvalue weighted by Gasteiger charge is -2.22. The van der Waals surface area contributed by atoms with Crippen molar-refractivity contribution in [1.29, 1.82) is 0 Å². The Balaban J connectivity index is 1.62. The maximum Gasteiger partial charge on any atom is 0.141 e. The maximum absolute atomic E-state index is 10.4. The van der Waals surface area contributed by atoms with Crippen LogP contribution < -0.4 is 4.74 Å². The van der Waals surface area contributed by atoms with Gasteiger partial charge in [0.05, 0.1) is 18.0 Å². The smallest absolute Gasteiger partial charge is 0.141 e. The molecule has 0 radical (unpaired) electrons. The highest BCUT2D eigenvalue weighted by molar-refractivity contribution is 5.25. The molecule has 0 aliphatic carbocycles. The average Bonchev–Trinajstić information content (AvgIpc) is 2.86. The molecule has 1 saturated heterocycles. The molecule has 6 nitrogen and oxygen atoms in total. The molecule has 0 unspecified atom stereocenters. The molecule has 23 heavy (non-hydrogen) atoms. The van der Waals surface area contributed by atoms with Crippen LogP contribution in [0.2, 0.25) is 0 Å². The minimum Gasteiger partial charge on any atom is -0.486 e. The fourth-order valence-electron chi connectivity index (χ4n) is 2.94. The molecule has 0 saturated carbocycles. The molecule has 0 spiro atoms. The van der Waals surface area contributed by atoms with E-state index in [1.807, 2.05) is 32.2 Å². The van der Waals surface area contributed by atoms with Gasteiger partial charge in [0.15, 0.2) is 0 Å². The summed E-state index contributed by atoms with van der Waals surface area (Å²) in [6.45, 7) is 6.56. The van der Waals surface area contributed by atoms with Crippen molar-refractivity contribution in [2.45, 2.75) is 45.4 Å². The monoisotopic (exact) mass is 316 g/mol. The van der Waals surface area contributed by atoms with Gasteiger partial charge in [0.1, 0.15) is 11.9 Å². The van der Waals surface area contributed by atoms with Crippen LogP contribution in [0.3, 0.4) is 0 Å². The van der Waals surface area contributed by atoms with Crippen LogP contribution in [0.1, 0.15) is 29.8 Å². The van der Waals surface area contributed by atoms with E-state index < -0.39 is 6.10 Å². The summed E-state index contributed by atoms with van der Waals surface area (Å²) in [4.78, 5) is 6.59. The van der Waals surface area contributed by atoms with Crippen molar-refractivity contribution >= 4 is 0 Å². The predicted octanol–water partition coefficient (Wildman–Crippen LogP) is 1.83. The number of hydrogen-bond acceptors (Lipinski definition) is 5. The minimum absolute atomic E-state index is 0.187. The van der Waals surface area contributed by atoms with Crippen LogP contribution in [0.25, 0.3) is 0 Å². The molecule has 1 fully saturated rings. The number of aryl methyl sites for hydroxylation is 2. The molecule has 0 aromatic carbocycles. The Bertz CT molecular complexity index is 643. The van der Waals surface area contributed by atoms with E-state index in [9.17, 15) is 5.11 Å². The number of nitrogens with zero attached hydrogens (tertiary/aromatic N) is 3. The number of likely N-dealkylation sites (tertiary alicyclic amines) is 1. The topological polar surface area (TPSA) is 74.3 Å². The van der Waals surface area contributed by atoms with Crippen LogP contribution in [-0.4, -0.2) is 50.5 Å². The summed E-state index contributed by atoms with van der Waals surface area (Å²) in [5.41, 5.74) is 3.17. The van der Waals surface area contributed by atoms with Gasteiger partial charge in [-0.05, 0) is 38.8 Å². The number of aliphatic hydroxyl groups excluding tert-OH is 1. The number of hydrogen-bond donors (Lipinski definition) is 2. The Kier molecular flexibility index (Phi) is 4.93. The van der Waals surface area contributed by atoms with E-state index >= 15 is 0 Å². The van der Waals surface area contributed by atoms with E-state index in [1.165, 1.54) is 5.56 Å². The number of pyridine rings is 1. The van der Waals surface area contributed by atoms with E-state index in [-0.39, 0.29) is 6.10 Å². The third-order valence-electron chi connectivity index (χ3n) is 4.47. The van der Waals surface area contributed by atoms with E-state index in [4.69, 9.17) is 4.74 Å². The van der Waals surface area contributed by atoms with Crippen molar-refractivity contribution in [3.8, 4) is 5.75 Å². The molecular formula is C17H24N4O2. The second-order valence-corrected chi connectivity index (χ2v) is 6.18. The summed E-state index contributed by atoms with van der Waals surface area (Å²) in [5, 5.41) is 17.5. The molecule has 0 bridgehead atoms. The molecule has 0 amide bonds. The van der Waals surface area contributed by atoms with Crippen LogP contribution >= 0.6 is 0 Å². The molecule has 1 aliphatic rings. The third-order valence-corrected chi connectivity index (χ3v) is 4.47. The van der Waals surface area contributed by atoms with Gasteiger partial charge in [0.2, 0.25) is 0 Å². The Hall–Kier alpha value is -1.92. The van der Waals surface area contributed by atoms with Crippen LogP contribution in [0.5, 0.6) is 5.75 Å². The lowest BCUT2D eigenvalue weighted by Crippen LogP contribution is -2.31. The summed E-state index contributed by atoms with van der Waals surface area (Å²) >= 11 is 0. The molecule has 3 rings (SSSR count). The van der Waals surface area contributed by atoms with Crippen molar-refractivity contribution in [2.75, 3.05) is 13.1 Å². The highest BCUT2D eigenvalue weighted by Gasteiger charge is 2.27. The van der Waals surface area contributed by atoms with Gasteiger partial charge in [0.25, 0.3) is 0 Å². The number of nitrogens with one attached hydrogen (secondary N) is 1. The number of H-pyrrole nitrogens is 1. The second-order valence-electron chi connectivity index (χ2n) is 6.18. The first-order valence-electron chi connectivity index (χ1n) is 8.11. The van der Waals surface area contributed by atoms with Gasteiger partial charge < -0.3 is 9.84 Å². The Morgan fingerprint density at radius 2 is 2.17 bits per heavy atom. The number of aliphatic hydroxyl groups is 1. The molecule has 2 atom stereocenters. The van der Waals surface area contributed by atoms with Gasteiger partial charge >= 0.3 is 0 Å². The van der Waals surface area contributed by atoms with E-state index in [0.717, 1.165) is 43.2 Å². The number of aromatic amines is 1. The fourth-order valence-corrected chi connectivity index (χ4v) is 2.94. The highest BCUT2D eigenvalue weighted by atomic mass is 16.5. The van der Waals surface area contributed by atoms with Crippen LogP contribution in [0.4, 0.5) is 0 Å². The van der Waals surface area contributed by atoms with Crippen molar-refractivity contribution in [3.05, 3.63) is 41.5 Å². The molecule has 1 aliphatic heterocycles. The number of rotatable bonds is 4. The molecule has 2 aromatic rings. The second kappa shape index (κ2) is 7.10. The first-order chi connectivity index (χ1) is 11.1. The summed E-state index contributed by atoms with van der Waals surface area (Å²) in [7, 11) is 0. The summed E-state index contributed by atoms with van der Waals surface area (Å²) < 4.78 is 6.03. The van der Waals surface area contributed by atoms with Gasteiger partial charge in [-0.25, -0.2) is 0 Å². The lowest BCUT2D eigenvalue weighted by atomic mass is 10.1. The van der Waals surface area contributed by atoms with Gasteiger partial charge in [-0.15, -0.1) is 0 Å². The Labute approximate surface area is 136 Å². The molecule has 2 N–H and O–H groups in total. The van der Waals surface area contributed by atoms with E-state index in [1.54, 1.807) is 6.20 Å².